The molecule has 6 heteroatoms. The average molecular weight is 289 g/mol. The van der Waals surface area contributed by atoms with Crippen LogP contribution in [0.4, 0.5) is 21.5 Å². The SMILES string of the molecule is CNc1cc(NCCc2cccc(F)c2)cc([N+](=O)[O-])c1. The Bertz CT molecular complexity index is 647. The maximum atomic E-state index is 13.1. The van der Waals surface area contributed by atoms with Gasteiger partial charge in [0.2, 0.25) is 0 Å². The first-order valence-electron chi connectivity index (χ1n) is 6.54. The summed E-state index contributed by atoms with van der Waals surface area (Å²) >= 11 is 0. The first kappa shape index (κ1) is 14.8. The number of nitro benzene ring substituents is 1. The molecule has 2 aromatic carbocycles. The molecule has 0 radical (unpaired) electrons. The van der Waals surface area contributed by atoms with Crippen molar-refractivity contribution < 1.29 is 9.31 Å². The number of halogens is 1. The van der Waals surface area contributed by atoms with E-state index in [9.17, 15) is 14.5 Å². The number of hydrogen-bond acceptors (Lipinski definition) is 4. The zero-order valence-electron chi connectivity index (χ0n) is 11.6. The Morgan fingerprint density at radius 3 is 2.62 bits per heavy atom. The quantitative estimate of drug-likeness (QED) is 0.631. The van der Waals surface area contributed by atoms with Gasteiger partial charge in [-0.05, 0) is 30.2 Å². The minimum atomic E-state index is -0.432. The molecule has 0 fully saturated rings. The van der Waals surface area contributed by atoms with E-state index >= 15 is 0 Å². The summed E-state index contributed by atoms with van der Waals surface area (Å²) in [5.41, 5.74) is 2.22. The van der Waals surface area contributed by atoms with Gasteiger partial charge in [0.05, 0.1) is 4.92 Å². The van der Waals surface area contributed by atoms with Gasteiger partial charge in [-0.25, -0.2) is 4.39 Å². The molecule has 0 saturated heterocycles. The van der Waals surface area contributed by atoms with Gasteiger partial charge in [-0.15, -0.1) is 0 Å². The van der Waals surface area contributed by atoms with Crippen molar-refractivity contribution in [1.29, 1.82) is 0 Å². The second-order valence-electron chi connectivity index (χ2n) is 4.58. The van der Waals surface area contributed by atoms with Gasteiger partial charge in [0.25, 0.3) is 5.69 Å². The second kappa shape index (κ2) is 6.69. The smallest absolute Gasteiger partial charge is 0.273 e. The van der Waals surface area contributed by atoms with Gasteiger partial charge >= 0.3 is 0 Å². The van der Waals surface area contributed by atoms with E-state index in [0.29, 0.717) is 24.3 Å². The summed E-state index contributed by atoms with van der Waals surface area (Å²) in [5, 5.41) is 16.9. The van der Waals surface area contributed by atoms with E-state index in [2.05, 4.69) is 10.6 Å². The molecule has 0 saturated carbocycles. The summed E-state index contributed by atoms with van der Waals surface area (Å²) in [6, 6.07) is 11.1. The number of rotatable bonds is 6. The maximum absolute atomic E-state index is 13.1. The fourth-order valence-corrected chi connectivity index (χ4v) is 2.01. The Morgan fingerprint density at radius 1 is 1.19 bits per heavy atom. The van der Waals surface area contributed by atoms with Crippen LogP contribution in [0.5, 0.6) is 0 Å². The first-order chi connectivity index (χ1) is 10.1. The van der Waals surface area contributed by atoms with E-state index < -0.39 is 4.92 Å². The van der Waals surface area contributed by atoms with Crippen LogP contribution in [0, 0.1) is 15.9 Å². The number of nitrogens with one attached hydrogen (secondary N) is 2. The summed E-state index contributed by atoms with van der Waals surface area (Å²) in [4.78, 5) is 10.4. The molecule has 21 heavy (non-hydrogen) atoms. The third-order valence-corrected chi connectivity index (χ3v) is 3.05. The van der Waals surface area contributed by atoms with Crippen LogP contribution in [0.2, 0.25) is 0 Å². The molecule has 2 N–H and O–H groups in total. The van der Waals surface area contributed by atoms with E-state index in [1.807, 2.05) is 6.07 Å². The minimum Gasteiger partial charge on any atom is -0.388 e. The van der Waals surface area contributed by atoms with E-state index in [1.165, 1.54) is 24.3 Å². The van der Waals surface area contributed by atoms with Crippen LogP contribution in [0.3, 0.4) is 0 Å². The molecule has 0 heterocycles. The van der Waals surface area contributed by atoms with E-state index in [4.69, 9.17) is 0 Å². The van der Waals surface area contributed by atoms with Crippen LogP contribution >= 0.6 is 0 Å². The molecule has 0 atom stereocenters. The maximum Gasteiger partial charge on any atom is 0.273 e. The van der Waals surface area contributed by atoms with Crippen LogP contribution in [-0.4, -0.2) is 18.5 Å². The summed E-state index contributed by atoms with van der Waals surface area (Å²) < 4.78 is 13.1. The fraction of sp³-hybridized carbons (Fsp3) is 0.200. The Kier molecular flexibility index (Phi) is 4.71. The highest BCUT2D eigenvalue weighted by molar-refractivity contribution is 5.63. The molecule has 0 aliphatic rings. The van der Waals surface area contributed by atoms with Gasteiger partial charge in [-0.1, -0.05) is 12.1 Å². The van der Waals surface area contributed by atoms with Crippen molar-refractivity contribution in [2.75, 3.05) is 24.2 Å². The molecule has 0 aliphatic heterocycles. The molecule has 0 unspecified atom stereocenters. The predicted molar refractivity (Wildman–Crippen MR) is 81.2 cm³/mol. The topological polar surface area (TPSA) is 67.2 Å². The Labute approximate surface area is 122 Å². The van der Waals surface area contributed by atoms with Crippen molar-refractivity contribution in [2.24, 2.45) is 0 Å². The van der Waals surface area contributed by atoms with Crippen molar-refractivity contribution in [1.82, 2.24) is 0 Å². The van der Waals surface area contributed by atoms with Gasteiger partial charge in [0, 0.05) is 37.1 Å². The highest BCUT2D eigenvalue weighted by Gasteiger charge is 2.09. The Hall–Kier alpha value is -2.63. The van der Waals surface area contributed by atoms with Crippen molar-refractivity contribution in [3.05, 3.63) is 64.0 Å². The summed E-state index contributed by atoms with van der Waals surface area (Å²) in [7, 11) is 1.70. The predicted octanol–water partition coefficient (Wildman–Crippen LogP) is 3.43. The van der Waals surface area contributed by atoms with Crippen LogP contribution < -0.4 is 10.6 Å². The first-order valence-corrected chi connectivity index (χ1v) is 6.54. The molecule has 5 nitrogen and oxygen atoms in total. The minimum absolute atomic E-state index is 0.0232. The van der Waals surface area contributed by atoms with E-state index in [1.54, 1.807) is 19.2 Å². The lowest BCUT2D eigenvalue weighted by Gasteiger charge is -2.09. The number of anilines is 2. The lowest BCUT2D eigenvalue weighted by atomic mass is 10.1. The molecule has 0 aromatic heterocycles. The van der Waals surface area contributed by atoms with E-state index in [0.717, 1.165) is 5.56 Å². The largest absolute Gasteiger partial charge is 0.388 e. The lowest BCUT2D eigenvalue weighted by Crippen LogP contribution is -2.06. The summed E-state index contributed by atoms with van der Waals surface area (Å²) in [6.07, 6.45) is 0.634. The highest BCUT2D eigenvalue weighted by atomic mass is 19.1. The van der Waals surface area contributed by atoms with Crippen LogP contribution in [-0.2, 0) is 6.42 Å². The van der Waals surface area contributed by atoms with E-state index in [-0.39, 0.29) is 11.5 Å². The third kappa shape index (κ3) is 4.17. The number of hydrogen-bond donors (Lipinski definition) is 2. The molecule has 0 bridgehead atoms. The Balaban J connectivity index is 2.02. The highest BCUT2D eigenvalue weighted by Crippen LogP contribution is 2.24. The molecule has 0 aliphatic carbocycles. The summed E-state index contributed by atoms with van der Waals surface area (Å²) in [6.45, 7) is 0.563. The zero-order valence-corrected chi connectivity index (χ0v) is 11.6. The molecular weight excluding hydrogens is 273 g/mol. The molecule has 0 amide bonds. The third-order valence-electron chi connectivity index (χ3n) is 3.05. The van der Waals surface area contributed by atoms with Crippen molar-refractivity contribution in [2.45, 2.75) is 6.42 Å². The monoisotopic (exact) mass is 289 g/mol. The van der Waals surface area contributed by atoms with Crippen LogP contribution in [0.1, 0.15) is 5.56 Å². The van der Waals surface area contributed by atoms with Gasteiger partial charge in [-0.3, -0.25) is 10.1 Å². The van der Waals surface area contributed by atoms with Gasteiger partial charge < -0.3 is 10.6 Å². The lowest BCUT2D eigenvalue weighted by molar-refractivity contribution is -0.384. The average Bonchev–Trinajstić information content (AvgIpc) is 2.47. The normalized spacial score (nSPS) is 10.2. The van der Waals surface area contributed by atoms with Gasteiger partial charge in [-0.2, -0.15) is 0 Å². The van der Waals surface area contributed by atoms with Gasteiger partial charge in [0.1, 0.15) is 5.82 Å². The molecule has 2 rings (SSSR count). The molecular formula is C15H16FN3O2. The summed E-state index contributed by atoms with van der Waals surface area (Å²) in [5.74, 6) is -0.264. The number of nitro groups is 1. The van der Waals surface area contributed by atoms with Gasteiger partial charge in [0.15, 0.2) is 0 Å². The Morgan fingerprint density at radius 2 is 1.95 bits per heavy atom. The molecule has 110 valence electrons. The standard InChI is InChI=1S/C15H16FN3O2/c1-17-13-8-14(10-15(9-13)19(20)21)18-6-5-11-3-2-4-12(16)7-11/h2-4,7-10,17-18H,5-6H2,1H3. The second-order valence-corrected chi connectivity index (χ2v) is 4.58. The fourth-order valence-electron chi connectivity index (χ4n) is 2.01. The number of non-ortho nitro benzene ring substituents is 1. The van der Waals surface area contributed by atoms with Crippen molar-refractivity contribution in [3.8, 4) is 0 Å². The number of nitrogens with zero attached hydrogens (tertiary/aromatic N) is 1. The zero-order chi connectivity index (χ0) is 15.2. The van der Waals surface area contributed by atoms with Crippen molar-refractivity contribution >= 4 is 17.1 Å². The number of benzene rings is 2. The molecule has 2 aromatic rings. The molecule has 0 spiro atoms. The van der Waals surface area contributed by atoms with Crippen LogP contribution in [0.15, 0.2) is 42.5 Å². The van der Waals surface area contributed by atoms with Crippen LogP contribution in [0.25, 0.3) is 0 Å². The van der Waals surface area contributed by atoms with Crippen molar-refractivity contribution in [3.63, 3.8) is 0 Å².